The summed E-state index contributed by atoms with van der Waals surface area (Å²) in [6.45, 7) is 5.21. The van der Waals surface area contributed by atoms with E-state index in [9.17, 15) is 15.0 Å². The van der Waals surface area contributed by atoms with Crippen LogP contribution in [-0.2, 0) is 9.53 Å². The molecule has 0 bridgehead atoms. The zero-order valence-electron chi connectivity index (χ0n) is 10.1. The summed E-state index contributed by atoms with van der Waals surface area (Å²) in [5.74, 6) is -0.122. The Morgan fingerprint density at radius 2 is 2.12 bits per heavy atom. The Bertz CT molecular complexity index is 368. The number of hydrogen-bond acceptors (Lipinski definition) is 6. The fraction of sp³-hybridized carbons (Fsp3) is 0.636. The first-order valence-corrected chi connectivity index (χ1v) is 5.41. The number of rotatable bonds is 5. The van der Waals surface area contributed by atoms with Crippen LogP contribution in [0, 0.1) is 13.8 Å². The maximum atomic E-state index is 11.2. The Morgan fingerprint density at radius 3 is 2.59 bits per heavy atom. The summed E-state index contributed by atoms with van der Waals surface area (Å²) in [6, 6.07) is 0. The molecule has 2 atom stereocenters. The molecule has 1 rings (SSSR count). The second-order valence-electron chi connectivity index (χ2n) is 3.76. The van der Waals surface area contributed by atoms with Crippen LogP contribution in [0.2, 0.25) is 0 Å². The van der Waals surface area contributed by atoms with Crippen LogP contribution < -0.4 is 0 Å². The number of carbonyl (C=O) groups excluding carboxylic acids is 1. The van der Waals surface area contributed by atoms with Gasteiger partial charge in [0.25, 0.3) is 0 Å². The molecule has 1 heterocycles. The highest BCUT2D eigenvalue weighted by Gasteiger charge is 2.27. The first kappa shape index (κ1) is 13.7. The summed E-state index contributed by atoms with van der Waals surface area (Å²) in [5.41, 5.74) is 0.916. The molecule has 96 valence electrons. The largest absolute Gasteiger partial charge is 0.466 e. The van der Waals surface area contributed by atoms with Gasteiger partial charge >= 0.3 is 5.97 Å². The van der Waals surface area contributed by atoms with Crippen LogP contribution in [0.15, 0.2) is 4.52 Å². The fourth-order valence-electron chi connectivity index (χ4n) is 1.61. The Balaban J connectivity index is 2.70. The van der Waals surface area contributed by atoms with E-state index in [1.54, 1.807) is 20.8 Å². The quantitative estimate of drug-likeness (QED) is 0.737. The molecule has 6 heteroatoms. The molecular formula is C11H17NO5. The van der Waals surface area contributed by atoms with Gasteiger partial charge in [0.1, 0.15) is 11.9 Å². The molecule has 0 aliphatic heterocycles. The van der Waals surface area contributed by atoms with Crippen molar-refractivity contribution < 1.29 is 24.3 Å². The molecule has 0 fully saturated rings. The molecule has 0 radical (unpaired) electrons. The topological polar surface area (TPSA) is 92.8 Å². The third-order valence-electron chi connectivity index (χ3n) is 2.43. The second-order valence-corrected chi connectivity index (χ2v) is 3.76. The van der Waals surface area contributed by atoms with Crippen LogP contribution in [0.3, 0.4) is 0 Å². The fourth-order valence-corrected chi connectivity index (χ4v) is 1.61. The Labute approximate surface area is 99.2 Å². The SMILES string of the molecule is CCOC(=O)CC(O)C(O)c1c(C)noc1C. The van der Waals surface area contributed by atoms with E-state index in [0.717, 1.165) is 0 Å². The van der Waals surface area contributed by atoms with Gasteiger partial charge in [-0.15, -0.1) is 0 Å². The third-order valence-corrected chi connectivity index (χ3v) is 2.43. The molecule has 0 spiro atoms. The second kappa shape index (κ2) is 5.79. The van der Waals surface area contributed by atoms with Crippen LogP contribution in [0.5, 0.6) is 0 Å². The van der Waals surface area contributed by atoms with Gasteiger partial charge in [0.15, 0.2) is 0 Å². The molecule has 0 amide bonds. The molecule has 0 saturated heterocycles. The van der Waals surface area contributed by atoms with Crippen LogP contribution in [-0.4, -0.2) is 34.0 Å². The monoisotopic (exact) mass is 243 g/mol. The van der Waals surface area contributed by atoms with E-state index in [0.29, 0.717) is 17.0 Å². The molecule has 2 N–H and O–H groups in total. The lowest BCUT2D eigenvalue weighted by Crippen LogP contribution is -2.23. The predicted octanol–water partition coefficient (Wildman–Crippen LogP) is 0.639. The minimum Gasteiger partial charge on any atom is -0.466 e. The molecule has 1 aromatic rings. The standard InChI is InChI=1S/C11H17NO5/c1-4-16-9(14)5-8(13)11(15)10-6(2)12-17-7(10)3/h8,11,13,15H,4-5H2,1-3H3. The van der Waals surface area contributed by atoms with Gasteiger partial charge in [-0.1, -0.05) is 5.16 Å². The summed E-state index contributed by atoms with van der Waals surface area (Å²) >= 11 is 0. The van der Waals surface area contributed by atoms with Crippen molar-refractivity contribution in [3.63, 3.8) is 0 Å². The summed E-state index contributed by atoms with van der Waals surface area (Å²) in [6.07, 6.45) is -2.70. The highest BCUT2D eigenvalue weighted by atomic mass is 16.5. The van der Waals surface area contributed by atoms with Crippen LogP contribution in [0.25, 0.3) is 0 Å². The van der Waals surface area contributed by atoms with Gasteiger partial charge in [-0.25, -0.2) is 0 Å². The van der Waals surface area contributed by atoms with Gasteiger partial charge < -0.3 is 19.5 Å². The third kappa shape index (κ3) is 3.28. The number of hydrogen-bond donors (Lipinski definition) is 2. The number of aromatic nitrogens is 1. The molecule has 0 aliphatic rings. The molecule has 0 saturated carbocycles. The van der Waals surface area contributed by atoms with Gasteiger partial charge in [0.05, 0.1) is 24.8 Å². The molecule has 2 unspecified atom stereocenters. The van der Waals surface area contributed by atoms with Crippen molar-refractivity contribution in [2.24, 2.45) is 0 Å². The first-order valence-electron chi connectivity index (χ1n) is 5.41. The maximum Gasteiger partial charge on any atom is 0.308 e. The van der Waals surface area contributed by atoms with E-state index >= 15 is 0 Å². The Morgan fingerprint density at radius 1 is 1.47 bits per heavy atom. The number of aliphatic hydroxyl groups is 2. The van der Waals surface area contributed by atoms with E-state index in [4.69, 9.17) is 9.26 Å². The number of nitrogens with zero attached hydrogens (tertiary/aromatic N) is 1. The molecular weight excluding hydrogens is 226 g/mol. The molecule has 0 aromatic carbocycles. The van der Waals surface area contributed by atoms with E-state index < -0.39 is 18.2 Å². The van der Waals surface area contributed by atoms with E-state index in [2.05, 4.69) is 5.16 Å². The molecule has 17 heavy (non-hydrogen) atoms. The van der Waals surface area contributed by atoms with Gasteiger partial charge in [0, 0.05) is 5.56 Å². The van der Waals surface area contributed by atoms with Crippen molar-refractivity contribution in [2.75, 3.05) is 6.61 Å². The number of aryl methyl sites for hydroxylation is 2. The van der Waals surface area contributed by atoms with Crippen molar-refractivity contribution >= 4 is 5.97 Å². The zero-order chi connectivity index (χ0) is 13.0. The Kier molecular flexibility index (Phi) is 4.65. The number of esters is 1. The number of aliphatic hydroxyl groups excluding tert-OH is 2. The van der Waals surface area contributed by atoms with Crippen LogP contribution >= 0.6 is 0 Å². The van der Waals surface area contributed by atoms with Crippen LogP contribution in [0.4, 0.5) is 0 Å². The van der Waals surface area contributed by atoms with Crippen LogP contribution in [0.1, 0.15) is 36.5 Å². The lowest BCUT2D eigenvalue weighted by molar-refractivity contribution is -0.147. The summed E-state index contributed by atoms with van der Waals surface area (Å²) < 4.78 is 9.57. The van der Waals surface area contributed by atoms with Gasteiger partial charge in [-0.05, 0) is 20.8 Å². The molecule has 1 aromatic heterocycles. The number of carbonyl (C=O) groups is 1. The smallest absolute Gasteiger partial charge is 0.308 e. The van der Waals surface area contributed by atoms with Gasteiger partial charge in [-0.3, -0.25) is 4.79 Å². The lowest BCUT2D eigenvalue weighted by Gasteiger charge is -2.16. The normalized spacial score (nSPS) is 14.4. The summed E-state index contributed by atoms with van der Waals surface area (Å²) in [4.78, 5) is 11.2. The molecule has 6 nitrogen and oxygen atoms in total. The van der Waals surface area contributed by atoms with Gasteiger partial charge in [0.2, 0.25) is 0 Å². The van der Waals surface area contributed by atoms with Crippen molar-refractivity contribution in [3.8, 4) is 0 Å². The van der Waals surface area contributed by atoms with E-state index in [1.165, 1.54) is 0 Å². The van der Waals surface area contributed by atoms with E-state index in [-0.39, 0.29) is 13.0 Å². The van der Waals surface area contributed by atoms with Crippen molar-refractivity contribution in [1.29, 1.82) is 0 Å². The highest BCUT2D eigenvalue weighted by Crippen LogP contribution is 2.25. The summed E-state index contributed by atoms with van der Waals surface area (Å²) in [7, 11) is 0. The average Bonchev–Trinajstić information content (AvgIpc) is 2.58. The zero-order valence-corrected chi connectivity index (χ0v) is 10.1. The maximum absolute atomic E-state index is 11.2. The van der Waals surface area contributed by atoms with E-state index in [1.807, 2.05) is 0 Å². The molecule has 0 aliphatic carbocycles. The minimum atomic E-state index is -1.23. The minimum absolute atomic E-state index is 0.243. The average molecular weight is 243 g/mol. The highest BCUT2D eigenvalue weighted by molar-refractivity contribution is 5.70. The summed E-state index contributed by atoms with van der Waals surface area (Å²) in [5, 5.41) is 23.3. The van der Waals surface area contributed by atoms with Crippen molar-refractivity contribution in [1.82, 2.24) is 5.16 Å². The van der Waals surface area contributed by atoms with Crippen molar-refractivity contribution in [2.45, 2.75) is 39.4 Å². The number of ether oxygens (including phenoxy) is 1. The first-order chi connectivity index (χ1) is 7.97. The predicted molar refractivity (Wildman–Crippen MR) is 58.2 cm³/mol. The van der Waals surface area contributed by atoms with Crippen molar-refractivity contribution in [3.05, 3.63) is 17.0 Å². The lowest BCUT2D eigenvalue weighted by atomic mass is 10.0. The Hall–Kier alpha value is -1.40. The van der Waals surface area contributed by atoms with Gasteiger partial charge in [-0.2, -0.15) is 0 Å².